The van der Waals surface area contributed by atoms with Crippen LogP contribution < -0.4 is 5.32 Å². The fourth-order valence-corrected chi connectivity index (χ4v) is 1.59. The molecular formula is C9H17NO3. The third-order valence-corrected chi connectivity index (χ3v) is 2.20. The first-order valence-electron chi connectivity index (χ1n) is 4.66. The number of carbonyl (C=O) groups excluding carboxylic acids is 1. The van der Waals surface area contributed by atoms with Crippen molar-refractivity contribution in [3.05, 3.63) is 0 Å². The lowest BCUT2D eigenvalue weighted by atomic mass is 10.1. The summed E-state index contributed by atoms with van der Waals surface area (Å²) in [6.07, 6.45) is 0.826. The Morgan fingerprint density at radius 2 is 2.38 bits per heavy atom. The Labute approximate surface area is 78.6 Å². The Morgan fingerprint density at radius 1 is 1.62 bits per heavy atom. The number of methoxy groups -OCH3 is 1. The molecule has 0 aliphatic carbocycles. The molecule has 1 fully saturated rings. The zero-order valence-corrected chi connectivity index (χ0v) is 8.21. The number of ether oxygens (including phenoxy) is 2. The van der Waals surface area contributed by atoms with Crippen molar-refractivity contribution in [1.82, 2.24) is 5.32 Å². The molecule has 0 bridgehead atoms. The summed E-state index contributed by atoms with van der Waals surface area (Å²) in [6.45, 7) is 3.83. The average molecular weight is 187 g/mol. The van der Waals surface area contributed by atoms with E-state index in [9.17, 15) is 4.79 Å². The van der Waals surface area contributed by atoms with E-state index in [0.29, 0.717) is 19.1 Å². The largest absolute Gasteiger partial charge is 0.465 e. The lowest BCUT2D eigenvalue weighted by molar-refractivity contribution is -0.145. The van der Waals surface area contributed by atoms with Gasteiger partial charge in [-0.1, -0.05) is 0 Å². The SMILES string of the molecule is CCOC(=O)[C@@H]1CC(COC)CN1. The van der Waals surface area contributed by atoms with E-state index in [1.54, 1.807) is 7.11 Å². The van der Waals surface area contributed by atoms with Crippen LogP contribution in [0.15, 0.2) is 0 Å². The van der Waals surface area contributed by atoms with E-state index in [0.717, 1.165) is 13.0 Å². The van der Waals surface area contributed by atoms with Gasteiger partial charge in [-0.25, -0.2) is 0 Å². The number of nitrogens with one attached hydrogen (secondary N) is 1. The summed E-state index contributed by atoms with van der Waals surface area (Å²) in [6, 6.07) is -0.125. The lowest BCUT2D eigenvalue weighted by Crippen LogP contribution is -2.32. The highest BCUT2D eigenvalue weighted by Crippen LogP contribution is 2.14. The molecule has 1 saturated heterocycles. The number of esters is 1. The van der Waals surface area contributed by atoms with E-state index in [1.165, 1.54) is 0 Å². The minimum atomic E-state index is -0.138. The number of rotatable bonds is 4. The van der Waals surface area contributed by atoms with Gasteiger partial charge in [0.15, 0.2) is 0 Å². The van der Waals surface area contributed by atoms with Crippen LogP contribution in [0.2, 0.25) is 0 Å². The summed E-state index contributed by atoms with van der Waals surface area (Å²) in [5.41, 5.74) is 0. The first-order valence-corrected chi connectivity index (χ1v) is 4.66. The highest BCUT2D eigenvalue weighted by atomic mass is 16.5. The molecule has 1 N–H and O–H groups in total. The van der Waals surface area contributed by atoms with E-state index < -0.39 is 0 Å². The fourth-order valence-electron chi connectivity index (χ4n) is 1.59. The predicted molar refractivity (Wildman–Crippen MR) is 48.4 cm³/mol. The Kier molecular flexibility index (Phi) is 4.18. The van der Waals surface area contributed by atoms with Gasteiger partial charge in [0.25, 0.3) is 0 Å². The minimum absolute atomic E-state index is 0.125. The van der Waals surface area contributed by atoms with Crippen LogP contribution in [0.4, 0.5) is 0 Å². The molecule has 76 valence electrons. The molecule has 0 aromatic carbocycles. The van der Waals surface area contributed by atoms with E-state index in [2.05, 4.69) is 5.32 Å². The summed E-state index contributed by atoms with van der Waals surface area (Å²) in [5, 5.41) is 3.12. The standard InChI is InChI=1S/C9H17NO3/c1-3-13-9(11)8-4-7(5-10-8)6-12-2/h7-8,10H,3-6H2,1-2H3/t7?,8-/m0/s1. The van der Waals surface area contributed by atoms with Crippen molar-refractivity contribution < 1.29 is 14.3 Å². The number of hydrogen-bond acceptors (Lipinski definition) is 4. The van der Waals surface area contributed by atoms with Gasteiger partial charge in [0.1, 0.15) is 6.04 Å². The van der Waals surface area contributed by atoms with Gasteiger partial charge in [-0.2, -0.15) is 0 Å². The second-order valence-corrected chi connectivity index (χ2v) is 3.27. The molecule has 1 unspecified atom stereocenters. The van der Waals surface area contributed by atoms with Gasteiger partial charge in [-0.3, -0.25) is 4.79 Å². The van der Waals surface area contributed by atoms with E-state index in [1.807, 2.05) is 6.92 Å². The molecular weight excluding hydrogens is 170 g/mol. The highest BCUT2D eigenvalue weighted by molar-refractivity contribution is 5.76. The maximum atomic E-state index is 11.3. The van der Waals surface area contributed by atoms with Gasteiger partial charge in [0.2, 0.25) is 0 Å². The summed E-state index contributed by atoms with van der Waals surface area (Å²) >= 11 is 0. The third kappa shape index (κ3) is 2.97. The van der Waals surface area contributed by atoms with Crippen LogP contribution in [0.3, 0.4) is 0 Å². The topological polar surface area (TPSA) is 47.6 Å². The van der Waals surface area contributed by atoms with Crippen LogP contribution in [-0.4, -0.2) is 38.9 Å². The molecule has 1 aliphatic rings. The highest BCUT2D eigenvalue weighted by Gasteiger charge is 2.29. The van der Waals surface area contributed by atoms with Crippen LogP contribution in [0, 0.1) is 5.92 Å². The molecule has 0 aromatic heterocycles. The predicted octanol–water partition coefficient (Wildman–Crippen LogP) is 0.174. The van der Waals surface area contributed by atoms with Crippen LogP contribution in [0.25, 0.3) is 0 Å². The van der Waals surface area contributed by atoms with Crippen molar-refractivity contribution in [2.75, 3.05) is 26.9 Å². The molecule has 4 nitrogen and oxygen atoms in total. The molecule has 4 heteroatoms. The summed E-state index contributed by atoms with van der Waals surface area (Å²) in [7, 11) is 1.68. The maximum absolute atomic E-state index is 11.3. The van der Waals surface area contributed by atoms with E-state index in [4.69, 9.17) is 9.47 Å². The molecule has 13 heavy (non-hydrogen) atoms. The smallest absolute Gasteiger partial charge is 0.323 e. The Hall–Kier alpha value is -0.610. The Bertz CT molecular complexity index is 172. The second-order valence-electron chi connectivity index (χ2n) is 3.27. The zero-order chi connectivity index (χ0) is 9.68. The summed E-state index contributed by atoms with van der Waals surface area (Å²) in [4.78, 5) is 11.3. The van der Waals surface area contributed by atoms with Crippen LogP contribution in [0.5, 0.6) is 0 Å². The van der Waals surface area contributed by atoms with Crippen molar-refractivity contribution >= 4 is 5.97 Å². The monoisotopic (exact) mass is 187 g/mol. The molecule has 0 saturated carbocycles. The van der Waals surface area contributed by atoms with E-state index >= 15 is 0 Å². The third-order valence-electron chi connectivity index (χ3n) is 2.20. The molecule has 0 radical (unpaired) electrons. The molecule has 0 amide bonds. The molecule has 0 spiro atoms. The van der Waals surface area contributed by atoms with Gasteiger partial charge in [-0.05, 0) is 19.3 Å². The van der Waals surface area contributed by atoms with Gasteiger partial charge in [0.05, 0.1) is 13.2 Å². The molecule has 1 aliphatic heterocycles. The average Bonchev–Trinajstić information content (AvgIpc) is 2.54. The molecule has 2 atom stereocenters. The van der Waals surface area contributed by atoms with Gasteiger partial charge in [-0.15, -0.1) is 0 Å². The van der Waals surface area contributed by atoms with Crippen LogP contribution in [-0.2, 0) is 14.3 Å². The Morgan fingerprint density at radius 3 is 3.00 bits per heavy atom. The van der Waals surface area contributed by atoms with Crippen molar-refractivity contribution in [2.45, 2.75) is 19.4 Å². The second kappa shape index (κ2) is 5.19. The fraction of sp³-hybridized carbons (Fsp3) is 0.889. The van der Waals surface area contributed by atoms with Gasteiger partial charge in [0, 0.05) is 13.7 Å². The first-order chi connectivity index (χ1) is 6.27. The van der Waals surface area contributed by atoms with Crippen LogP contribution in [0.1, 0.15) is 13.3 Å². The Balaban J connectivity index is 2.27. The lowest BCUT2D eigenvalue weighted by Gasteiger charge is -2.08. The van der Waals surface area contributed by atoms with Gasteiger partial charge < -0.3 is 14.8 Å². The number of hydrogen-bond donors (Lipinski definition) is 1. The van der Waals surface area contributed by atoms with Crippen molar-refractivity contribution in [1.29, 1.82) is 0 Å². The summed E-state index contributed by atoms with van der Waals surface area (Å²) < 4.78 is 9.93. The van der Waals surface area contributed by atoms with Crippen molar-refractivity contribution in [2.24, 2.45) is 5.92 Å². The van der Waals surface area contributed by atoms with Crippen molar-refractivity contribution in [3.8, 4) is 0 Å². The van der Waals surface area contributed by atoms with Gasteiger partial charge >= 0.3 is 5.97 Å². The normalized spacial score (nSPS) is 27.5. The molecule has 0 aromatic rings. The minimum Gasteiger partial charge on any atom is -0.465 e. The quantitative estimate of drug-likeness (QED) is 0.637. The molecule has 1 heterocycles. The zero-order valence-electron chi connectivity index (χ0n) is 8.21. The maximum Gasteiger partial charge on any atom is 0.323 e. The summed E-state index contributed by atoms with van der Waals surface area (Å²) in [5.74, 6) is 0.306. The van der Waals surface area contributed by atoms with Crippen molar-refractivity contribution in [3.63, 3.8) is 0 Å². The van der Waals surface area contributed by atoms with E-state index in [-0.39, 0.29) is 12.0 Å². The number of carbonyl (C=O) groups is 1. The first kappa shape index (κ1) is 10.5. The van der Waals surface area contributed by atoms with Crippen LogP contribution >= 0.6 is 0 Å². The molecule has 1 rings (SSSR count).